The molecule has 6 aliphatic heterocycles. The van der Waals surface area contributed by atoms with E-state index in [1.807, 2.05) is 6.92 Å². The first-order valence-electron chi connectivity index (χ1n) is 34.3. The lowest BCUT2D eigenvalue weighted by molar-refractivity contribution is -0.403. The minimum absolute atomic E-state index is 0.0106. The van der Waals surface area contributed by atoms with Crippen molar-refractivity contribution in [1.29, 1.82) is 0 Å². The zero-order chi connectivity index (χ0) is 70.7. The van der Waals surface area contributed by atoms with E-state index in [1.165, 1.54) is 6.92 Å². The molecule has 6 saturated heterocycles. The molecule has 32 heteroatoms. The van der Waals surface area contributed by atoms with Crippen LogP contribution in [0.1, 0.15) is 113 Å². The molecular weight excluding hydrogens is 1290 g/mol. The summed E-state index contributed by atoms with van der Waals surface area (Å²) in [5.41, 5.74) is -2.70. The van der Waals surface area contributed by atoms with E-state index >= 15 is 4.79 Å². The van der Waals surface area contributed by atoms with E-state index < -0.39 is 257 Å². The largest absolute Gasteiger partial charge is 0.432 e. The van der Waals surface area contributed by atoms with Gasteiger partial charge in [-0.15, -0.1) is 0 Å². The summed E-state index contributed by atoms with van der Waals surface area (Å²) in [5, 5.41) is 206. The molecule has 38 atom stereocenters. The van der Waals surface area contributed by atoms with Crippen LogP contribution in [0.25, 0.3) is 0 Å². The van der Waals surface area contributed by atoms with Gasteiger partial charge in [-0.3, -0.25) is 4.79 Å². The maximum Gasteiger partial charge on any atom is 0.315 e. The van der Waals surface area contributed by atoms with Gasteiger partial charge < -0.3 is 154 Å². The van der Waals surface area contributed by atoms with Gasteiger partial charge >= 0.3 is 5.97 Å². The highest BCUT2D eigenvalue weighted by atomic mass is 16.8. The van der Waals surface area contributed by atoms with Gasteiger partial charge in [0.05, 0.1) is 57.3 Å². The zero-order valence-corrected chi connectivity index (χ0v) is 55.7. The summed E-state index contributed by atoms with van der Waals surface area (Å²) in [7, 11) is 0. The van der Waals surface area contributed by atoms with Crippen LogP contribution in [-0.2, 0) is 61.6 Å². The number of rotatable bonds is 17. The average molecular weight is 1400 g/mol. The summed E-state index contributed by atoms with van der Waals surface area (Å²) >= 11 is 0. The van der Waals surface area contributed by atoms with Crippen LogP contribution in [0.5, 0.6) is 0 Å². The Balaban J connectivity index is 0.861. The molecule has 0 radical (unpaired) electrons. The molecule has 4 saturated carbocycles. The monoisotopic (exact) mass is 1400 g/mol. The van der Waals surface area contributed by atoms with E-state index in [1.54, 1.807) is 0 Å². The molecule has 0 bridgehead atoms. The van der Waals surface area contributed by atoms with Gasteiger partial charge in [0, 0.05) is 5.41 Å². The van der Waals surface area contributed by atoms with Crippen LogP contribution in [0.3, 0.4) is 0 Å². The first-order valence-corrected chi connectivity index (χ1v) is 34.3. The molecule has 32 nitrogen and oxygen atoms in total. The SMILES string of the molecule is C[C@@H]1O[C@H](O[C@H]2[C@H](O[C@@H]3CC[C@]4(C)[C@H](CC[C@@]5(C)[C@@H]4CC=C4[C@@H]6CC(C)(C)CC[C@]6(C(=O)O[C@H]6O[C@H](CO[C@H]7O[C@@H](CO)[C@@H](O)[C@@H](O)[C@@H]7O)[C@H](O)[C@H](O)[C@@H]6O)CC[C@@]45C)[C@@]3(C)CO)OC[C@H](O[C@@H]3O[C@H](CO)[C@H](O)[C@H](O)[C@H]3O)[C@@H]2O[C@@H]2O[C@H](CO)[C@H](O)[C@@H](O)[C@@H]2O)[C@H](O)[C@H](O)[C@H]1O. The smallest absolute Gasteiger partial charge is 0.315 e. The molecule has 0 unspecified atom stereocenters. The zero-order valence-electron chi connectivity index (χ0n) is 55.7. The van der Waals surface area contributed by atoms with E-state index in [4.69, 9.17) is 56.8 Å². The van der Waals surface area contributed by atoms with E-state index in [0.29, 0.717) is 64.2 Å². The van der Waals surface area contributed by atoms with Gasteiger partial charge in [-0.1, -0.05) is 53.2 Å². The first kappa shape index (κ1) is 76.1. The molecule has 0 spiro atoms. The fraction of sp³-hybridized carbons (Fsp3) is 0.954. The highest BCUT2D eigenvalue weighted by molar-refractivity contribution is 5.79. The van der Waals surface area contributed by atoms with Gasteiger partial charge in [0.15, 0.2) is 31.5 Å². The number of fused-ring (bicyclic) bond motifs is 7. The molecule has 0 aromatic heterocycles. The van der Waals surface area contributed by atoms with Crippen molar-refractivity contribution in [1.82, 2.24) is 0 Å². The topological polar surface area (TPSA) is 512 Å². The van der Waals surface area contributed by atoms with Crippen LogP contribution in [0.4, 0.5) is 0 Å². The Morgan fingerprint density at radius 2 is 0.990 bits per heavy atom. The van der Waals surface area contributed by atoms with Crippen molar-refractivity contribution in [3.05, 3.63) is 11.6 Å². The second-order valence-electron chi connectivity index (χ2n) is 31.3. The van der Waals surface area contributed by atoms with Crippen LogP contribution in [0.2, 0.25) is 0 Å². The molecule has 11 rings (SSSR count). The fourth-order valence-electron chi connectivity index (χ4n) is 19.0. The summed E-state index contributed by atoms with van der Waals surface area (Å²) < 4.78 is 73.6. The van der Waals surface area contributed by atoms with Crippen LogP contribution in [0.15, 0.2) is 11.6 Å². The second-order valence-corrected chi connectivity index (χ2v) is 31.3. The van der Waals surface area contributed by atoms with Gasteiger partial charge in [-0.25, -0.2) is 0 Å². The third kappa shape index (κ3) is 13.2. The number of ether oxygens (including phenoxy) is 12. The lowest BCUT2D eigenvalue weighted by Crippen LogP contribution is -2.68. The average Bonchev–Trinajstić information content (AvgIpc) is 0.676. The fourth-order valence-corrected chi connectivity index (χ4v) is 19.0. The van der Waals surface area contributed by atoms with Crippen molar-refractivity contribution in [3.8, 4) is 0 Å². The van der Waals surface area contributed by atoms with E-state index in [0.717, 1.165) is 5.57 Å². The Morgan fingerprint density at radius 1 is 0.495 bits per heavy atom. The lowest BCUT2D eigenvalue weighted by Gasteiger charge is -2.71. The molecule has 0 aromatic carbocycles. The number of aliphatic hydroxyl groups excluding tert-OH is 19. The maximum absolute atomic E-state index is 15.3. The molecule has 19 N–H and O–H groups in total. The van der Waals surface area contributed by atoms with Crippen molar-refractivity contribution < 1.29 is 159 Å². The molecule has 558 valence electrons. The van der Waals surface area contributed by atoms with E-state index in [2.05, 4.69) is 40.7 Å². The number of hydrogen-bond donors (Lipinski definition) is 19. The van der Waals surface area contributed by atoms with Crippen LogP contribution < -0.4 is 0 Å². The van der Waals surface area contributed by atoms with Crippen LogP contribution in [0, 0.1) is 50.2 Å². The van der Waals surface area contributed by atoms with Gasteiger partial charge in [0.1, 0.15) is 134 Å². The molecule has 0 amide bonds. The Kier molecular flexibility index (Phi) is 22.6. The summed E-state index contributed by atoms with van der Waals surface area (Å²) in [6.45, 7) is 10.5. The van der Waals surface area contributed by atoms with E-state index in [9.17, 15) is 97.0 Å². The Labute approximate surface area is 561 Å². The summed E-state index contributed by atoms with van der Waals surface area (Å²) in [4.78, 5) is 15.3. The predicted octanol–water partition coefficient (Wildman–Crippen LogP) is -5.75. The Hall–Kier alpha value is -1.99. The minimum atomic E-state index is -2.03. The third-order valence-electron chi connectivity index (χ3n) is 25.4. The highest BCUT2D eigenvalue weighted by Crippen LogP contribution is 2.76. The maximum atomic E-state index is 15.3. The molecule has 6 heterocycles. The summed E-state index contributed by atoms with van der Waals surface area (Å²) in [5.74, 6) is -1.26. The molecule has 5 aliphatic carbocycles. The van der Waals surface area contributed by atoms with Gasteiger partial charge in [0.2, 0.25) is 6.29 Å². The van der Waals surface area contributed by atoms with Crippen molar-refractivity contribution >= 4 is 5.97 Å². The number of esters is 1. The Morgan fingerprint density at radius 3 is 1.57 bits per heavy atom. The summed E-state index contributed by atoms with van der Waals surface area (Å²) in [6.07, 6.45) is -43.6. The number of carbonyl (C=O) groups is 1. The van der Waals surface area contributed by atoms with Gasteiger partial charge in [-0.05, 0) is 111 Å². The quantitative estimate of drug-likeness (QED) is 0.0366. The third-order valence-corrected chi connectivity index (χ3v) is 25.4. The number of hydrogen-bond acceptors (Lipinski definition) is 32. The van der Waals surface area contributed by atoms with Crippen molar-refractivity contribution in [2.24, 2.45) is 50.2 Å². The number of carbonyl (C=O) groups excluding carboxylic acids is 1. The van der Waals surface area contributed by atoms with E-state index in [-0.39, 0.29) is 23.2 Å². The molecule has 0 aromatic rings. The molecule has 11 aliphatic rings. The molecular formula is C65H106O32. The highest BCUT2D eigenvalue weighted by Gasteiger charge is 2.71. The van der Waals surface area contributed by atoms with Crippen molar-refractivity contribution in [3.63, 3.8) is 0 Å². The van der Waals surface area contributed by atoms with Crippen molar-refractivity contribution in [2.75, 3.05) is 39.6 Å². The lowest BCUT2D eigenvalue weighted by atomic mass is 9.33. The minimum Gasteiger partial charge on any atom is -0.432 e. The van der Waals surface area contributed by atoms with Crippen LogP contribution >= 0.6 is 0 Å². The molecule has 10 fully saturated rings. The van der Waals surface area contributed by atoms with Gasteiger partial charge in [0.25, 0.3) is 0 Å². The van der Waals surface area contributed by atoms with Gasteiger partial charge in [-0.2, -0.15) is 0 Å². The number of aliphatic hydroxyl groups is 19. The first-order chi connectivity index (χ1) is 45.6. The summed E-state index contributed by atoms with van der Waals surface area (Å²) in [6, 6.07) is 0. The molecule has 97 heavy (non-hydrogen) atoms. The second kappa shape index (κ2) is 28.8. The standard InChI is InChI=1S/C65H106O32/c1-25-36(70)41(75)47(81)54(88-25)96-52-51(95-56-49(83)44(78)39(73)30(21-68)91-56)32(93-55-48(82)43(77)38(72)29(20-67)90-55)23-87-58(52)94-35-11-12-61(4)33(62(35,5)24-69)10-13-64(7)34(61)9-8-26-27-18-60(2,3)14-16-65(27,17-15-63(26,64)6)59(85)97-57-50(84)45(79)40(74)31(92-57)22-86-53-46(80)42(76)37(71)28(19-66)89-53/h8,25,27-58,66-84H,9-24H2,1-7H3/t25-,27-,28-,29+,30+,31+,32-,33-,34+,35+,36-,37+,38-,39-,40-,41+,42+,43-,44+,45-,46-,47+,48+,49-,50-,51-,52+,53-,54+,55-,56-,57+,58-,61+,62+,63-,64-,65-/m0/s1. The predicted molar refractivity (Wildman–Crippen MR) is 322 cm³/mol. The van der Waals surface area contributed by atoms with Crippen LogP contribution in [-0.4, -0.2) is 327 Å². The van der Waals surface area contributed by atoms with Crippen molar-refractivity contribution in [2.45, 2.75) is 297 Å². The Bertz CT molecular complexity index is 2710. The normalized spacial score (nSPS) is 54.7. The number of allylic oxidation sites excluding steroid dienone is 2.